The van der Waals surface area contributed by atoms with E-state index < -0.39 is 0 Å². The molecular formula is C13H24N2O. The number of amides is 2. The van der Waals surface area contributed by atoms with Crippen molar-refractivity contribution in [3.63, 3.8) is 0 Å². The maximum absolute atomic E-state index is 11.8. The molecule has 2 N–H and O–H groups in total. The van der Waals surface area contributed by atoms with Crippen molar-refractivity contribution in [2.24, 2.45) is 5.41 Å². The lowest BCUT2D eigenvalue weighted by Gasteiger charge is -2.39. The van der Waals surface area contributed by atoms with E-state index in [0.29, 0.717) is 12.1 Å². The lowest BCUT2D eigenvalue weighted by atomic mass is 9.73. The van der Waals surface area contributed by atoms with Crippen LogP contribution in [-0.4, -0.2) is 18.1 Å². The average Bonchev–Trinajstić information content (AvgIpc) is 2.15. The third-order valence-electron chi connectivity index (χ3n) is 4.25. The predicted octanol–water partition coefficient (Wildman–Crippen LogP) is 2.81. The van der Waals surface area contributed by atoms with E-state index >= 15 is 0 Å². The zero-order chi connectivity index (χ0) is 11.6. The second-order valence-electron chi connectivity index (χ2n) is 6.03. The maximum atomic E-state index is 11.8. The quantitative estimate of drug-likeness (QED) is 0.744. The first-order chi connectivity index (χ1) is 7.58. The molecule has 2 saturated carbocycles. The van der Waals surface area contributed by atoms with Crippen molar-refractivity contribution in [3.05, 3.63) is 0 Å². The Balaban J connectivity index is 1.80. The number of rotatable bonds is 2. The molecule has 3 heteroatoms. The van der Waals surface area contributed by atoms with Crippen LogP contribution in [0.3, 0.4) is 0 Å². The Bertz CT molecular complexity index is 259. The van der Waals surface area contributed by atoms with Gasteiger partial charge in [-0.1, -0.05) is 26.7 Å². The van der Waals surface area contributed by atoms with Crippen molar-refractivity contribution in [1.82, 2.24) is 10.6 Å². The van der Waals surface area contributed by atoms with Gasteiger partial charge < -0.3 is 10.6 Å². The highest BCUT2D eigenvalue weighted by atomic mass is 16.2. The first-order valence-corrected chi connectivity index (χ1v) is 6.65. The van der Waals surface area contributed by atoms with E-state index in [-0.39, 0.29) is 11.4 Å². The number of hydrogen-bond donors (Lipinski definition) is 2. The van der Waals surface area contributed by atoms with Gasteiger partial charge in [-0.3, -0.25) is 0 Å². The summed E-state index contributed by atoms with van der Waals surface area (Å²) in [6.45, 7) is 4.53. The monoisotopic (exact) mass is 224 g/mol. The summed E-state index contributed by atoms with van der Waals surface area (Å²) >= 11 is 0. The Morgan fingerprint density at radius 2 is 1.81 bits per heavy atom. The van der Waals surface area contributed by atoms with Gasteiger partial charge in [-0.2, -0.15) is 0 Å². The van der Waals surface area contributed by atoms with Crippen LogP contribution in [0.5, 0.6) is 0 Å². The standard InChI is InChI=1S/C13H24N2O/c1-13(2)9-4-3-8-11(13)15-12(16)14-10-6-5-7-10/h10-11H,3-9H2,1-2H3,(H2,14,15,16). The SMILES string of the molecule is CC1(C)CCCCC1NC(=O)NC1CCC1. The second kappa shape index (κ2) is 4.64. The lowest BCUT2D eigenvalue weighted by Crippen LogP contribution is -2.53. The van der Waals surface area contributed by atoms with Crippen LogP contribution >= 0.6 is 0 Å². The Labute approximate surface area is 98.4 Å². The van der Waals surface area contributed by atoms with Crippen molar-refractivity contribution < 1.29 is 4.79 Å². The van der Waals surface area contributed by atoms with Crippen molar-refractivity contribution in [3.8, 4) is 0 Å². The fourth-order valence-electron chi connectivity index (χ4n) is 2.70. The lowest BCUT2D eigenvalue weighted by molar-refractivity contribution is 0.162. The van der Waals surface area contributed by atoms with Gasteiger partial charge in [0.15, 0.2) is 0 Å². The number of carbonyl (C=O) groups is 1. The molecule has 16 heavy (non-hydrogen) atoms. The van der Waals surface area contributed by atoms with Gasteiger partial charge in [0.1, 0.15) is 0 Å². The van der Waals surface area contributed by atoms with Crippen LogP contribution in [0.2, 0.25) is 0 Å². The molecular weight excluding hydrogens is 200 g/mol. The molecule has 2 rings (SSSR count). The van der Waals surface area contributed by atoms with Gasteiger partial charge in [0.25, 0.3) is 0 Å². The zero-order valence-electron chi connectivity index (χ0n) is 10.5. The second-order valence-corrected chi connectivity index (χ2v) is 6.03. The minimum absolute atomic E-state index is 0.0460. The van der Waals surface area contributed by atoms with Crippen LogP contribution < -0.4 is 10.6 Å². The van der Waals surface area contributed by atoms with Crippen LogP contribution in [0, 0.1) is 5.41 Å². The van der Waals surface area contributed by atoms with Gasteiger partial charge in [0.2, 0.25) is 0 Å². The van der Waals surface area contributed by atoms with Gasteiger partial charge in [0.05, 0.1) is 0 Å². The molecule has 1 atom stereocenters. The third kappa shape index (κ3) is 2.69. The molecule has 0 aromatic heterocycles. The zero-order valence-corrected chi connectivity index (χ0v) is 10.5. The summed E-state index contributed by atoms with van der Waals surface area (Å²) in [4.78, 5) is 11.8. The number of nitrogens with one attached hydrogen (secondary N) is 2. The smallest absolute Gasteiger partial charge is 0.315 e. The van der Waals surface area contributed by atoms with E-state index in [1.54, 1.807) is 0 Å². The summed E-state index contributed by atoms with van der Waals surface area (Å²) in [6.07, 6.45) is 8.47. The molecule has 2 aliphatic rings. The molecule has 1 unspecified atom stereocenters. The van der Waals surface area contributed by atoms with E-state index in [1.807, 2.05) is 0 Å². The van der Waals surface area contributed by atoms with Gasteiger partial charge in [0, 0.05) is 12.1 Å². The summed E-state index contributed by atoms with van der Waals surface area (Å²) in [7, 11) is 0. The number of hydrogen-bond acceptors (Lipinski definition) is 1. The first kappa shape index (κ1) is 11.7. The Hall–Kier alpha value is -0.730. The van der Waals surface area contributed by atoms with E-state index in [1.165, 1.54) is 25.7 Å². The summed E-state index contributed by atoms with van der Waals surface area (Å²) in [5.74, 6) is 0. The van der Waals surface area contributed by atoms with E-state index in [9.17, 15) is 4.79 Å². The topological polar surface area (TPSA) is 41.1 Å². The van der Waals surface area contributed by atoms with Crippen molar-refractivity contribution in [2.75, 3.05) is 0 Å². The molecule has 0 aromatic rings. The van der Waals surface area contributed by atoms with Crippen molar-refractivity contribution in [1.29, 1.82) is 0 Å². The summed E-state index contributed by atoms with van der Waals surface area (Å²) in [5.41, 5.74) is 0.259. The molecule has 0 spiro atoms. The summed E-state index contributed by atoms with van der Waals surface area (Å²) in [6, 6.07) is 0.831. The molecule has 2 fully saturated rings. The molecule has 0 heterocycles. The Morgan fingerprint density at radius 3 is 2.38 bits per heavy atom. The minimum Gasteiger partial charge on any atom is -0.335 e. The Kier molecular flexibility index (Phi) is 3.41. The largest absolute Gasteiger partial charge is 0.335 e. The molecule has 0 aliphatic heterocycles. The van der Waals surface area contributed by atoms with Gasteiger partial charge in [-0.15, -0.1) is 0 Å². The van der Waals surface area contributed by atoms with Gasteiger partial charge >= 0.3 is 6.03 Å². The molecule has 0 aromatic carbocycles. The molecule has 2 amide bonds. The van der Waals surface area contributed by atoms with Crippen LogP contribution in [0.1, 0.15) is 58.8 Å². The number of carbonyl (C=O) groups excluding carboxylic acids is 1. The summed E-state index contributed by atoms with van der Waals surface area (Å²) in [5, 5.41) is 6.21. The normalized spacial score (nSPS) is 29.2. The predicted molar refractivity (Wildman–Crippen MR) is 65.3 cm³/mol. The molecule has 2 aliphatic carbocycles. The fourth-order valence-corrected chi connectivity index (χ4v) is 2.70. The molecule has 0 saturated heterocycles. The van der Waals surface area contributed by atoms with Crippen LogP contribution in [0.25, 0.3) is 0 Å². The maximum Gasteiger partial charge on any atom is 0.315 e. The van der Waals surface area contributed by atoms with Crippen molar-refractivity contribution in [2.45, 2.75) is 70.9 Å². The number of urea groups is 1. The fraction of sp³-hybridized carbons (Fsp3) is 0.923. The Morgan fingerprint density at radius 1 is 1.06 bits per heavy atom. The van der Waals surface area contributed by atoms with Crippen LogP contribution in [0.15, 0.2) is 0 Å². The van der Waals surface area contributed by atoms with E-state index in [0.717, 1.165) is 19.3 Å². The molecule has 3 nitrogen and oxygen atoms in total. The van der Waals surface area contributed by atoms with Crippen LogP contribution in [0.4, 0.5) is 4.79 Å². The van der Waals surface area contributed by atoms with Gasteiger partial charge in [-0.25, -0.2) is 4.79 Å². The molecule has 92 valence electrons. The van der Waals surface area contributed by atoms with Crippen LogP contribution in [-0.2, 0) is 0 Å². The average molecular weight is 224 g/mol. The third-order valence-corrected chi connectivity index (χ3v) is 4.25. The first-order valence-electron chi connectivity index (χ1n) is 6.65. The highest BCUT2D eigenvalue weighted by Crippen LogP contribution is 2.35. The van der Waals surface area contributed by atoms with Gasteiger partial charge in [-0.05, 0) is 37.5 Å². The highest BCUT2D eigenvalue weighted by Gasteiger charge is 2.33. The highest BCUT2D eigenvalue weighted by molar-refractivity contribution is 5.74. The minimum atomic E-state index is 0.0460. The molecule has 0 bridgehead atoms. The summed E-state index contributed by atoms with van der Waals surface area (Å²) < 4.78 is 0. The van der Waals surface area contributed by atoms with Crippen molar-refractivity contribution >= 4 is 6.03 Å². The molecule has 0 radical (unpaired) electrons. The van der Waals surface area contributed by atoms with E-state index in [4.69, 9.17) is 0 Å². The van der Waals surface area contributed by atoms with E-state index in [2.05, 4.69) is 24.5 Å².